The minimum atomic E-state index is -0.108. The summed E-state index contributed by atoms with van der Waals surface area (Å²) in [5, 5.41) is 3.44. The summed E-state index contributed by atoms with van der Waals surface area (Å²) >= 11 is 0. The van der Waals surface area contributed by atoms with E-state index in [0.29, 0.717) is 12.0 Å². The normalized spacial score (nSPS) is 24.3. The molecule has 0 aromatic heterocycles. The lowest BCUT2D eigenvalue weighted by Gasteiger charge is -2.17. The van der Waals surface area contributed by atoms with E-state index in [1.807, 2.05) is 6.92 Å². The number of fused-ring (bicyclic) bond motifs is 1. The van der Waals surface area contributed by atoms with Crippen molar-refractivity contribution < 1.29 is 4.39 Å². The summed E-state index contributed by atoms with van der Waals surface area (Å²) in [6.07, 6.45) is 1.07. The molecule has 0 spiro atoms. The number of hydrogen-bond donors (Lipinski definition) is 1. The molecule has 15 heavy (non-hydrogen) atoms. The van der Waals surface area contributed by atoms with Gasteiger partial charge in [-0.05, 0) is 54.6 Å². The highest BCUT2D eigenvalue weighted by atomic mass is 19.1. The van der Waals surface area contributed by atoms with Crippen LogP contribution in [0.5, 0.6) is 0 Å². The van der Waals surface area contributed by atoms with Crippen molar-refractivity contribution in [3.8, 4) is 0 Å². The number of hydrogen-bond acceptors (Lipinski definition) is 1. The Morgan fingerprint density at radius 1 is 1.47 bits per heavy atom. The highest BCUT2D eigenvalue weighted by molar-refractivity contribution is 5.41. The van der Waals surface area contributed by atoms with Crippen molar-refractivity contribution in [2.45, 2.75) is 33.2 Å². The van der Waals surface area contributed by atoms with Crippen LogP contribution in [0.4, 0.5) is 4.39 Å². The number of nitrogens with one attached hydrogen (secondary N) is 1. The van der Waals surface area contributed by atoms with Crippen molar-refractivity contribution in [1.82, 2.24) is 5.32 Å². The summed E-state index contributed by atoms with van der Waals surface area (Å²) in [6, 6.07) is 3.67. The number of rotatable bonds is 2. The molecule has 1 aromatic rings. The molecule has 82 valence electrons. The third kappa shape index (κ3) is 1.78. The third-order valence-electron chi connectivity index (χ3n) is 3.33. The standard InChI is InChI=1S/C13H18FN/c1-4-15-13-9(3)6-11-8(2)5-10(14)7-12(11)13/h5,7,9,13,15H,4,6H2,1-3H3. The molecule has 1 aromatic carbocycles. The lowest BCUT2D eigenvalue weighted by molar-refractivity contribution is 0.425. The maximum absolute atomic E-state index is 13.3. The van der Waals surface area contributed by atoms with E-state index in [-0.39, 0.29) is 5.82 Å². The van der Waals surface area contributed by atoms with E-state index in [4.69, 9.17) is 0 Å². The van der Waals surface area contributed by atoms with Gasteiger partial charge in [-0.3, -0.25) is 0 Å². The van der Waals surface area contributed by atoms with E-state index in [0.717, 1.165) is 18.5 Å². The van der Waals surface area contributed by atoms with Gasteiger partial charge in [-0.1, -0.05) is 13.8 Å². The monoisotopic (exact) mass is 207 g/mol. The Morgan fingerprint density at radius 2 is 2.20 bits per heavy atom. The highest BCUT2D eigenvalue weighted by Crippen LogP contribution is 2.37. The lowest BCUT2D eigenvalue weighted by Crippen LogP contribution is -2.23. The summed E-state index contributed by atoms with van der Waals surface area (Å²) in [4.78, 5) is 0. The Kier molecular flexibility index (Phi) is 2.79. The first-order chi connectivity index (χ1) is 7.13. The molecule has 0 amide bonds. The average molecular weight is 207 g/mol. The first-order valence-electron chi connectivity index (χ1n) is 5.65. The van der Waals surface area contributed by atoms with Crippen LogP contribution in [-0.4, -0.2) is 6.54 Å². The van der Waals surface area contributed by atoms with Gasteiger partial charge in [-0.2, -0.15) is 0 Å². The minimum absolute atomic E-state index is 0.108. The topological polar surface area (TPSA) is 12.0 Å². The second-order valence-electron chi connectivity index (χ2n) is 4.51. The van der Waals surface area contributed by atoms with Gasteiger partial charge >= 0.3 is 0 Å². The number of aryl methyl sites for hydroxylation is 1. The van der Waals surface area contributed by atoms with Gasteiger partial charge in [0.2, 0.25) is 0 Å². The third-order valence-corrected chi connectivity index (χ3v) is 3.33. The Hall–Kier alpha value is -0.890. The molecule has 2 heteroatoms. The molecule has 1 aliphatic rings. The van der Waals surface area contributed by atoms with Crippen LogP contribution < -0.4 is 5.32 Å². The van der Waals surface area contributed by atoms with Crippen LogP contribution in [0.1, 0.15) is 36.6 Å². The van der Waals surface area contributed by atoms with Crippen molar-refractivity contribution in [3.05, 3.63) is 34.6 Å². The predicted molar refractivity (Wildman–Crippen MR) is 60.4 cm³/mol. The van der Waals surface area contributed by atoms with Crippen LogP contribution in [0.25, 0.3) is 0 Å². The van der Waals surface area contributed by atoms with E-state index in [9.17, 15) is 4.39 Å². The van der Waals surface area contributed by atoms with Crippen molar-refractivity contribution >= 4 is 0 Å². The zero-order valence-electron chi connectivity index (χ0n) is 9.60. The second-order valence-corrected chi connectivity index (χ2v) is 4.51. The molecule has 1 nitrogen and oxygen atoms in total. The Labute approximate surface area is 90.7 Å². The number of halogens is 1. The average Bonchev–Trinajstić information content (AvgIpc) is 2.46. The van der Waals surface area contributed by atoms with E-state index in [1.54, 1.807) is 12.1 Å². The van der Waals surface area contributed by atoms with Crippen LogP contribution in [0.3, 0.4) is 0 Å². The van der Waals surface area contributed by atoms with Gasteiger partial charge in [0.05, 0.1) is 0 Å². The van der Waals surface area contributed by atoms with E-state index >= 15 is 0 Å². The molecule has 0 bridgehead atoms. The van der Waals surface area contributed by atoms with Crippen LogP contribution in [0.2, 0.25) is 0 Å². The molecule has 1 N–H and O–H groups in total. The molecule has 0 fully saturated rings. The zero-order valence-corrected chi connectivity index (χ0v) is 9.60. The van der Waals surface area contributed by atoms with Gasteiger partial charge in [-0.25, -0.2) is 4.39 Å². The molecule has 2 atom stereocenters. The fourth-order valence-corrected chi connectivity index (χ4v) is 2.63. The summed E-state index contributed by atoms with van der Waals surface area (Å²) in [7, 11) is 0. The van der Waals surface area contributed by atoms with Gasteiger partial charge in [-0.15, -0.1) is 0 Å². The number of benzene rings is 1. The lowest BCUT2D eigenvalue weighted by atomic mass is 10.0. The van der Waals surface area contributed by atoms with Gasteiger partial charge in [0.1, 0.15) is 5.82 Å². The molecule has 0 heterocycles. The van der Waals surface area contributed by atoms with Crippen molar-refractivity contribution in [1.29, 1.82) is 0 Å². The minimum Gasteiger partial charge on any atom is -0.310 e. The molecule has 0 saturated carbocycles. The zero-order chi connectivity index (χ0) is 11.0. The molecule has 1 aliphatic carbocycles. The first kappa shape index (κ1) is 10.6. The molecule has 2 unspecified atom stereocenters. The SMILES string of the molecule is CCNC1c2cc(F)cc(C)c2CC1C. The smallest absolute Gasteiger partial charge is 0.123 e. The quantitative estimate of drug-likeness (QED) is 0.786. The molecule has 2 rings (SSSR count). The van der Waals surface area contributed by atoms with E-state index in [1.165, 1.54) is 11.1 Å². The van der Waals surface area contributed by atoms with Gasteiger partial charge in [0.25, 0.3) is 0 Å². The van der Waals surface area contributed by atoms with Crippen LogP contribution in [0, 0.1) is 18.7 Å². The van der Waals surface area contributed by atoms with E-state index in [2.05, 4.69) is 19.2 Å². The summed E-state index contributed by atoms with van der Waals surface area (Å²) in [6.45, 7) is 7.26. The van der Waals surface area contributed by atoms with Crippen LogP contribution >= 0.6 is 0 Å². The van der Waals surface area contributed by atoms with Crippen molar-refractivity contribution in [3.63, 3.8) is 0 Å². The largest absolute Gasteiger partial charge is 0.310 e. The van der Waals surface area contributed by atoms with Crippen LogP contribution in [-0.2, 0) is 6.42 Å². The van der Waals surface area contributed by atoms with Crippen LogP contribution in [0.15, 0.2) is 12.1 Å². The molecule has 0 radical (unpaired) electrons. The second kappa shape index (κ2) is 3.93. The molecule has 0 saturated heterocycles. The van der Waals surface area contributed by atoms with Crippen molar-refractivity contribution in [2.24, 2.45) is 5.92 Å². The first-order valence-corrected chi connectivity index (χ1v) is 5.65. The molecular formula is C13H18FN. The summed E-state index contributed by atoms with van der Waals surface area (Å²) in [5.41, 5.74) is 3.61. The van der Waals surface area contributed by atoms with Crippen molar-refractivity contribution in [2.75, 3.05) is 6.54 Å². The predicted octanol–water partition coefficient (Wildman–Crippen LogP) is 2.98. The Balaban J connectivity index is 2.43. The fraction of sp³-hybridized carbons (Fsp3) is 0.538. The maximum atomic E-state index is 13.3. The van der Waals surface area contributed by atoms with Gasteiger partial charge in [0, 0.05) is 6.04 Å². The summed E-state index contributed by atoms with van der Waals surface area (Å²) in [5.74, 6) is 0.462. The van der Waals surface area contributed by atoms with Gasteiger partial charge < -0.3 is 5.32 Å². The van der Waals surface area contributed by atoms with E-state index < -0.39 is 0 Å². The Morgan fingerprint density at radius 3 is 2.87 bits per heavy atom. The molecule has 0 aliphatic heterocycles. The highest BCUT2D eigenvalue weighted by Gasteiger charge is 2.30. The van der Waals surface area contributed by atoms with Gasteiger partial charge in [0.15, 0.2) is 0 Å². The fourth-order valence-electron chi connectivity index (χ4n) is 2.63. The Bertz CT molecular complexity index is 373. The maximum Gasteiger partial charge on any atom is 0.123 e. The molecular weight excluding hydrogens is 189 g/mol. The summed E-state index contributed by atoms with van der Waals surface area (Å²) < 4.78 is 13.3.